The second-order valence-corrected chi connectivity index (χ2v) is 3.90. The largest absolute Gasteiger partial charge is 0.508 e. The lowest BCUT2D eigenvalue weighted by Gasteiger charge is -2.07. The minimum absolute atomic E-state index is 0.274. The Labute approximate surface area is 89.4 Å². The van der Waals surface area contributed by atoms with Crippen LogP contribution in [0.5, 0.6) is 5.75 Å². The number of benzene rings is 1. The van der Waals surface area contributed by atoms with Crippen LogP contribution in [-0.4, -0.2) is 16.2 Å². The molecule has 3 nitrogen and oxygen atoms in total. The van der Waals surface area contributed by atoms with Crippen LogP contribution in [0, 0.1) is 12.8 Å². The summed E-state index contributed by atoms with van der Waals surface area (Å²) in [6.45, 7) is 3.52. The molecule has 1 rings (SSSR count). The number of aryl methyl sites for hydroxylation is 2. The molecule has 0 aliphatic heterocycles. The number of carbonyl (C=O) groups is 1. The van der Waals surface area contributed by atoms with Gasteiger partial charge >= 0.3 is 5.97 Å². The second-order valence-electron chi connectivity index (χ2n) is 3.90. The molecule has 0 amide bonds. The van der Waals surface area contributed by atoms with Gasteiger partial charge in [0.15, 0.2) is 0 Å². The zero-order chi connectivity index (χ0) is 11.4. The summed E-state index contributed by atoms with van der Waals surface area (Å²) in [6, 6.07) is 5.46. The SMILES string of the molecule is Cc1ccc(CCC(C)C(=O)O)cc1O. The van der Waals surface area contributed by atoms with Gasteiger partial charge in [-0.05, 0) is 37.0 Å². The predicted octanol–water partition coefficient (Wildman–Crippen LogP) is 2.35. The molecule has 0 saturated heterocycles. The van der Waals surface area contributed by atoms with E-state index in [1.807, 2.05) is 19.1 Å². The molecule has 0 spiro atoms. The van der Waals surface area contributed by atoms with Crippen LogP contribution in [0.25, 0.3) is 0 Å². The Morgan fingerprint density at radius 3 is 2.67 bits per heavy atom. The van der Waals surface area contributed by atoms with Crippen LogP contribution < -0.4 is 0 Å². The van der Waals surface area contributed by atoms with Crippen LogP contribution in [-0.2, 0) is 11.2 Å². The lowest BCUT2D eigenvalue weighted by molar-refractivity contribution is -0.141. The highest BCUT2D eigenvalue weighted by Gasteiger charge is 2.10. The zero-order valence-corrected chi connectivity index (χ0v) is 9.03. The van der Waals surface area contributed by atoms with Gasteiger partial charge in [-0.25, -0.2) is 0 Å². The fraction of sp³-hybridized carbons (Fsp3) is 0.417. The zero-order valence-electron chi connectivity index (χ0n) is 9.03. The number of phenols is 1. The summed E-state index contributed by atoms with van der Waals surface area (Å²) < 4.78 is 0. The molecule has 1 atom stereocenters. The lowest BCUT2D eigenvalue weighted by atomic mass is 10.0. The summed E-state index contributed by atoms with van der Waals surface area (Å²) >= 11 is 0. The van der Waals surface area contributed by atoms with E-state index in [0.29, 0.717) is 12.8 Å². The molecule has 0 aliphatic rings. The average Bonchev–Trinajstić information content (AvgIpc) is 2.19. The van der Waals surface area contributed by atoms with Crippen molar-refractivity contribution < 1.29 is 15.0 Å². The summed E-state index contributed by atoms with van der Waals surface area (Å²) in [4.78, 5) is 10.6. The molecule has 1 unspecified atom stereocenters. The van der Waals surface area contributed by atoms with E-state index in [4.69, 9.17) is 5.11 Å². The Morgan fingerprint density at radius 1 is 1.47 bits per heavy atom. The van der Waals surface area contributed by atoms with Crippen molar-refractivity contribution in [1.29, 1.82) is 0 Å². The fourth-order valence-electron chi connectivity index (χ4n) is 1.32. The fourth-order valence-corrected chi connectivity index (χ4v) is 1.32. The van der Waals surface area contributed by atoms with Crippen LogP contribution in [0.2, 0.25) is 0 Å². The van der Waals surface area contributed by atoms with Crippen molar-refractivity contribution in [3.63, 3.8) is 0 Å². The number of hydrogen-bond donors (Lipinski definition) is 2. The molecule has 82 valence electrons. The second kappa shape index (κ2) is 4.82. The van der Waals surface area contributed by atoms with Crippen molar-refractivity contribution in [2.45, 2.75) is 26.7 Å². The smallest absolute Gasteiger partial charge is 0.306 e. The maximum Gasteiger partial charge on any atom is 0.306 e. The Hall–Kier alpha value is -1.51. The number of rotatable bonds is 4. The highest BCUT2D eigenvalue weighted by Crippen LogP contribution is 2.19. The van der Waals surface area contributed by atoms with E-state index in [0.717, 1.165) is 11.1 Å². The van der Waals surface area contributed by atoms with E-state index in [1.54, 1.807) is 13.0 Å². The van der Waals surface area contributed by atoms with Crippen molar-refractivity contribution in [3.8, 4) is 5.75 Å². The number of hydrogen-bond acceptors (Lipinski definition) is 2. The molecule has 0 aromatic heterocycles. The first-order chi connectivity index (χ1) is 7.00. The van der Waals surface area contributed by atoms with Gasteiger partial charge < -0.3 is 10.2 Å². The molecule has 1 aromatic carbocycles. The van der Waals surface area contributed by atoms with Crippen LogP contribution in [0.4, 0.5) is 0 Å². The molecule has 15 heavy (non-hydrogen) atoms. The van der Waals surface area contributed by atoms with E-state index in [2.05, 4.69) is 0 Å². The Balaban J connectivity index is 2.58. The topological polar surface area (TPSA) is 57.5 Å². The van der Waals surface area contributed by atoms with Gasteiger partial charge in [-0.15, -0.1) is 0 Å². The van der Waals surface area contributed by atoms with Gasteiger partial charge in [0.25, 0.3) is 0 Å². The van der Waals surface area contributed by atoms with E-state index >= 15 is 0 Å². The average molecular weight is 208 g/mol. The summed E-state index contributed by atoms with van der Waals surface area (Å²) in [5.74, 6) is -0.838. The summed E-state index contributed by atoms with van der Waals surface area (Å²) in [5.41, 5.74) is 1.82. The van der Waals surface area contributed by atoms with Crippen molar-refractivity contribution in [2.75, 3.05) is 0 Å². The molecule has 2 N–H and O–H groups in total. The van der Waals surface area contributed by atoms with Crippen molar-refractivity contribution >= 4 is 5.97 Å². The minimum atomic E-state index is -0.772. The Morgan fingerprint density at radius 2 is 2.13 bits per heavy atom. The Bertz CT molecular complexity index is 358. The summed E-state index contributed by atoms with van der Waals surface area (Å²) in [7, 11) is 0. The van der Waals surface area contributed by atoms with E-state index in [-0.39, 0.29) is 11.7 Å². The first-order valence-corrected chi connectivity index (χ1v) is 5.02. The van der Waals surface area contributed by atoms with Crippen molar-refractivity contribution in [2.24, 2.45) is 5.92 Å². The van der Waals surface area contributed by atoms with Crippen LogP contribution in [0.15, 0.2) is 18.2 Å². The maximum absolute atomic E-state index is 10.6. The van der Waals surface area contributed by atoms with E-state index in [1.165, 1.54) is 0 Å². The van der Waals surface area contributed by atoms with Gasteiger partial charge in [-0.2, -0.15) is 0 Å². The standard InChI is InChI=1S/C12H16O3/c1-8-3-5-10(7-11(8)13)6-4-9(2)12(14)15/h3,5,7,9,13H,4,6H2,1-2H3,(H,14,15). The van der Waals surface area contributed by atoms with Gasteiger partial charge in [0.05, 0.1) is 5.92 Å². The van der Waals surface area contributed by atoms with Crippen LogP contribution in [0.3, 0.4) is 0 Å². The van der Waals surface area contributed by atoms with Crippen LogP contribution in [0.1, 0.15) is 24.5 Å². The van der Waals surface area contributed by atoms with E-state index < -0.39 is 5.97 Å². The monoisotopic (exact) mass is 208 g/mol. The molecule has 0 saturated carbocycles. The lowest BCUT2D eigenvalue weighted by Crippen LogP contribution is -2.10. The third-order valence-electron chi connectivity index (χ3n) is 2.56. The molecule has 0 heterocycles. The number of phenolic OH excluding ortho intramolecular Hbond substituents is 1. The van der Waals surface area contributed by atoms with Crippen molar-refractivity contribution in [3.05, 3.63) is 29.3 Å². The third-order valence-corrected chi connectivity index (χ3v) is 2.56. The van der Waals surface area contributed by atoms with Crippen LogP contribution >= 0.6 is 0 Å². The molecule has 0 fully saturated rings. The number of carboxylic acid groups (broad SMARTS) is 1. The summed E-state index contributed by atoms with van der Waals surface area (Å²) in [5, 5.41) is 18.2. The molecular weight excluding hydrogens is 192 g/mol. The van der Waals surface area contributed by atoms with Gasteiger partial charge in [-0.1, -0.05) is 19.1 Å². The molecule has 0 bridgehead atoms. The van der Waals surface area contributed by atoms with Crippen molar-refractivity contribution in [1.82, 2.24) is 0 Å². The van der Waals surface area contributed by atoms with Gasteiger partial charge in [0, 0.05) is 0 Å². The first-order valence-electron chi connectivity index (χ1n) is 5.02. The molecule has 3 heteroatoms. The number of aromatic hydroxyl groups is 1. The minimum Gasteiger partial charge on any atom is -0.508 e. The third kappa shape index (κ3) is 3.27. The highest BCUT2D eigenvalue weighted by atomic mass is 16.4. The van der Waals surface area contributed by atoms with E-state index in [9.17, 15) is 9.90 Å². The summed E-state index contributed by atoms with van der Waals surface area (Å²) in [6.07, 6.45) is 1.28. The highest BCUT2D eigenvalue weighted by molar-refractivity contribution is 5.69. The molecule has 0 radical (unpaired) electrons. The Kier molecular flexibility index (Phi) is 3.72. The van der Waals surface area contributed by atoms with Gasteiger partial charge in [0.2, 0.25) is 0 Å². The molecule has 0 aliphatic carbocycles. The molecule has 1 aromatic rings. The number of carboxylic acids is 1. The van der Waals surface area contributed by atoms with Gasteiger partial charge in [0.1, 0.15) is 5.75 Å². The first kappa shape index (κ1) is 11.6. The maximum atomic E-state index is 10.6. The normalized spacial score (nSPS) is 12.4. The predicted molar refractivity (Wildman–Crippen MR) is 58.0 cm³/mol. The quantitative estimate of drug-likeness (QED) is 0.798. The molecular formula is C12H16O3. The number of aliphatic carboxylic acids is 1. The van der Waals surface area contributed by atoms with Gasteiger partial charge in [-0.3, -0.25) is 4.79 Å².